The van der Waals surface area contributed by atoms with Gasteiger partial charge in [0.25, 0.3) is 0 Å². The van der Waals surface area contributed by atoms with E-state index in [0.29, 0.717) is 23.1 Å². The minimum atomic E-state index is -0.293. The van der Waals surface area contributed by atoms with Gasteiger partial charge in [0.15, 0.2) is 17.3 Å². The number of carbonyl (C=O) groups excluding carboxylic acids is 1. The highest BCUT2D eigenvalue weighted by molar-refractivity contribution is 6.01. The lowest BCUT2D eigenvalue weighted by Gasteiger charge is -2.07. The van der Waals surface area contributed by atoms with Crippen LogP contribution in [-0.4, -0.2) is 25.3 Å². The zero-order valence-electron chi connectivity index (χ0n) is 12.0. The van der Waals surface area contributed by atoms with E-state index in [-0.39, 0.29) is 5.91 Å². The van der Waals surface area contributed by atoms with Crippen molar-refractivity contribution in [2.24, 2.45) is 0 Å². The smallest absolute Gasteiger partial charge is 0.249 e. The molecule has 1 N–H and O–H groups in total. The number of hydrogen-bond donors (Lipinski definition) is 1. The van der Waals surface area contributed by atoms with Crippen LogP contribution >= 0.6 is 0 Å². The normalized spacial score (nSPS) is 10.6. The number of amides is 1. The van der Waals surface area contributed by atoms with Gasteiger partial charge < -0.3 is 19.3 Å². The van der Waals surface area contributed by atoms with E-state index < -0.39 is 0 Å². The van der Waals surface area contributed by atoms with Gasteiger partial charge in [-0.15, -0.1) is 0 Å². The zero-order valence-corrected chi connectivity index (χ0v) is 12.0. The van der Waals surface area contributed by atoms with Crippen LogP contribution in [0.5, 0.6) is 11.5 Å². The van der Waals surface area contributed by atoms with E-state index >= 15 is 0 Å². The maximum atomic E-state index is 11.7. The Balaban J connectivity index is 2.04. The number of aromatic nitrogens is 1. The third-order valence-electron chi connectivity index (χ3n) is 2.71. The summed E-state index contributed by atoms with van der Waals surface area (Å²) in [5.41, 5.74) is 0.819. The minimum absolute atomic E-state index is 0.293. The number of nitrogens with one attached hydrogen (secondary N) is 1. The van der Waals surface area contributed by atoms with Gasteiger partial charge in [-0.25, -0.2) is 0 Å². The Morgan fingerprint density at radius 2 is 2.00 bits per heavy atom. The second-order valence-electron chi connectivity index (χ2n) is 4.26. The van der Waals surface area contributed by atoms with Crippen molar-refractivity contribution >= 4 is 17.8 Å². The Kier molecular flexibility index (Phi) is 4.61. The summed E-state index contributed by atoms with van der Waals surface area (Å²) in [6, 6.07) is 7.02. The van der Waals surface area contributed by atoms with E-state index in [4.69, 9.17) is 14.0 Å². The molecule has 0 atom stereocenters. The van der Waals surface area contributed by atoms with Gasteiger partial charge in [-0.3, -0.25) is 4.79 Å². The first-order chi connectivity index (χ1) is 10.1. The van der Waals surface area contributed by atoms with Gasteiger partial charge in [-0.2, -0.15) is 0 Å². The van der Waals surface area contributed by atoms with Gasteiger partial charge in [0, 0.05) is 12.1 Å². The van der Waals surface area contributed by atoms with Gasteiger partial charge in [-0.1, -0.05) is 11.2 Å². The van der Waals surface area contributed by atoms with Crippen molar-refractivity contribution in [3.63, 3.8) is 0 Å². The number of benzene rings is 1. The predicted octanol–water partition coefficient (Wildman–Crippen LogP) is 2.65. The Hall–Kier alpha value is -2.76. The average Bonchev–Trinajstić information content (AvgIpc) is 2.89. The van der Waals surface area contributed by atoms with Crippen LogP contribution in [-0.2, 0) is 4.79 Å². The lowest BCUT2D eigenvalue weighted by Crippen LogP contribution is -2.07. The van der Waals surface area contributed by atoms with Crippen LogP contribution in [0.1, 0.15) is 11.3 Å². The lowest BCUT2D eigenvalue weighted by atomic mass is 10.2. The van der Waals surface area contributed by atoms with E-state index in [1.807, 2.05) is 6.07 Å². The van der Waals surface area contributed by atoms with Crippen molar-refractivity contribution in [2.75, 3.05) is 19.5 Å². The van der Waals surface area contributed by atoms with Gasteiger partial charge in [0.05, 0.1) is 14.2 Å². The van der Waals surface area contributed by atoms with Crippen LogP contribution in [0.2, 0.25) is 0 Å². The number of anilines is 1. The zero-order chi connectivity index (χ0) is 15.2. The molecule has 1 heterocycles. The Morgan fingerprint density at radius 1 is 1.24 bits per heavy atom. The highest BCUT2D eigenvalue weighted by Crippen LogP contribution is 2.27. The lowest BCUT2D eigenvalue weighted by molar-refractivity contribution is -0.111. The average molecular weight is 288 g/mol. The SMILES string of the molecule is COc1ccc(/C=C/C(=O)Nc2cc(C)on2)cc1OC. The fraction of sp³-hybridized carbons (Fsp3) is 0.200. The van der Waals surface area contributed by atoms with Crippen LogP contribution < -0.4 is 14.8 Å². The van der Waals surface area contributed by atoms with Gasteiger partial charge in [0.2, 0.25) is 5.91 Å². The Bertz CT molecular complexity index is 661. The minimum Gasteiger partial charge on any atom is -0.493 e. The first-order valence-electron chi connectivity index (χ1n) is 6.27. The topological polar surface area (TPSA) is 73.6 Å². The number of rotatable bonds is 5. The first-order valence-corrected chi connectivity index (χ1v) is 6.27. The van der Waals surface area contributed by atoms with E-state index in [9.17, 15) is 4.79 Å². The quantitative estimate of drug-likeness (QED) is 0.856. The molecule has 2 aromatic rings. The summed E-state index contributed by atoms with van der Waals surface area (Å²) in [6.45, 7) is 1.75. The molecule has 2 rings (SSSR count). The van der Waals surface area contributed by atoms with Crippen molar-refractivity contribution in [3.05, 3.63) is 41.7 Å². The molecule has 0 unspecified atom stereocenters. The fourth-order valence-corrected chi connectivity index (χ4v) is 1.72. The molecule has 1 aromatic carbocycles. The van der Waals surface area contributed by atoms with E-state index in [0.717, 1.165) is 5.56 Å². The first kappa shape index (κ1) is 14.6. The second kappa shape index (κ2) is 6.60. The highest BCUT2D eigenvalue weighted by Gasteiger charge is 2.05. The molecular weight excluding hydrogens is 272 g/mol. The molecule has 0 fully saturated rings. The molecule has 1 aromatic heterocycles. The molecule has 21 heavy (non-hydrogen) atoms. The molecule has 0 aliphatic rings. The van der Waals surface area contributed by atoms with Crippen molar-refractivity contribution in [1.82, 2.24) is 5.16 Å². The van der Waals surface area contributed by atoms with Gasteiger partial charge in [-0.05, 0) is 30.7 Å². The molecule has 0 radical (unpaired) electrons. The van der Waals surface area contributed by atoms with Gasteiger partial charge in [0.1, 0.15) is 5.76 Å². The Morgan fingerprint density at radius 3 is 2.62 bits per heavy atom. The number of ether oxygens (including phenoxy) is 2. The third-order valence-corrected chi connectivity index (χ3v) is 2.71. The maximum absolute atomic E-state index is 11.7. The van der Waals surface area contributed by atoms with Crippen molar-refractivity contribution in [3.8, 4) is 11.5 Å². The summed E-state index contributed by atoms with van der Waals surface area (Å²) in [5, 5.41) is 6.28. The van der Waals surface area contributed by atoms with Crippen molar-refractivity contribution in [2.45, 2.75) is 6.92 Å². The molecule has 0 aliphatic carbocycles. The van der Waals surface area contributed by atoms with E-state index in [1.165, 1.54) is 6.08 Å². The summed E-state index contributed by atoms with van der Waals surface area (Å²) >= 11 is 0. The molecule has 0 saturated carbocycles. The molecule has 110 valence electrons. The number of carbonyl (C=O) groups is 1. The molecular formula is C15H16N2O4. The fourth-order valence-electron chi connectivity index (χ4n) is 1.72. The van der Waals surface area contributed by atoms with Crippen LogP contribution in [0.4, 0.5) is 5.82 Å². The predicted molar refractivity (Wildman–Crippen MR) is 78.4 cm³/mol. The molecule has 6 heteroatoms. The maximum Gasteiger partial charge on any atom is 0.249 e. The number of hydrogen-bond acceptors (Lipinski definition) is 5. The largest absolute Gasteiger partial charge is 0.493 e. The third kappa shape index (κ3) is 3.85. The molecule has 0 aliphatic heterocycles. The summed E-state index contributed by atoms with van der Waals surface area (Å²) in [6.07, 6.45) is 3.08. The van der Waals surface area contributed by atoms with Crippen LogP contribution in [0, 0.1) is 6.92 Å². The van der Waals surface area contributed by atoms with Crippen LogP contribution in [0.25, 0.3) is 6.08 Å². The summed E-state index contributed by atoms with van der Waals surface area (Å²) in [5.74, 6) is 1.96. The van der Waals surface area contributed by atoms with E-state index in [2.05, 4.69) is 10.5 Å². The van der Waals surface area contributed by atoms with Crippen molar-refractivity contribution in [1.29, 1.82) is 0 Å². The molecule has 0 bridgehead atoms. The van der Waals surface area contributed by atoms with Crippen LogP contribution in [0.3, 0.4) is 0 Å². The number of nitrogens with zero attached hydrogens (tertiary/aromatic N) is 1. The molecule has 0 saturated heterocycles. The van der Waals surface area contributed by atoms with Crippen molar-refractivity contribution < 1.29 is 18.8 Å². The van der Waals surface area contributed by atoms with Crippen LogP contribution in [0.15, 0.2) is 34.9 Å². The number of methoxy groups -OCH3 is 2. The molecule has 1 amide bonds. The highest BCUT2D eigenvalue weighted by atomic mass is 16.5. The molecule has 0 spiro atoms. The molecule has 6 nitrogen and oxygen atoms in total. The standard InChI is InChI=1S/C15H16N2O4/c1-10-8-14(17-21-10)16-15(18)7-5-11-4-6-12(19-2)13(9-11)20-3/h4-9H,1-3H3,(H,16,17,18)/b7-5+. The monoisotopic (exact) mass is 288 g/mol. The second-order valence-corrected chi connectivity index (χ2v) is 4.26. The summed E-state index contributed by atoms with van der Waals surface area (Å²) in [4.78, 5) is 11.7. The summed E-state index contributed by atoms with van der Waals surface area (Å²) in [7, 11) is 3.13. The van der Waals surface area contributed by atoms with E-state index in [1.54, 1.807) is 45.4 Å². The van der Waals surface area contributed by atoms with Gasteiger partial charge >= 0.3 is 0 Å². The summed E-state index contributed by atoms with van der Waals surface area (Å²) < 4.78 is 15.2. The number of aryl methyl sites for hydroxylation is 1. The Labute approximate surface area is 122 Å².